The minimum atomic E-state index is 0. The van der Waals surface area contributed by atoms with E-state index in [4.69, 9.17) is 4.98 Å². The van der Waals surface area contributed by atoms with Crippen molar-refractivity contribution < 1.29 is 20.1 Å². The Morgan fingerprint density at radius 1 is 0.301 bits per heavy atom. The molecule has 0 unspecified atom stereocenters. The molecule has 0 aliphatic rings. The standard InChI is InChI=1S/C67H46N5.Ir/c1-71-40-38-69-66(71)53-32-26-50(27-33-53)60-15-7-10-18-63(60)57-42-56(43-58(44-57)64-19-11-8-16-61(64)51-28-34-54(35-29-51)67-70-39-41-72(67)2)62-17-9-6-14-59(62)49-24-30-52(31-25-49)65-45-55(36-37-68-65)48-22-20-47(21-23-48)46-12-4-3-5-13-46;/h3-30,32,34,36-45H,1-2H3;/q-3;+3. The van der Waals surface area contributed by atoms with Gasteiger partial charge in [-0.2, -0.15) is 0 Å². The summed E-state index contributed by atoms with van der Waals surface area (Å²) < 4.78 is 4.04. The fourth-order valence-electron chi connectivity index (χ4n) is 9.76. The van der Waals surface area contributed by atoms with E-state index >= 15 is 0 Å². The molecule has 0 aliphatic heterocycles. The summed E-state index contributed by atoms with van der Waals surface area (Å²) in [5, 5.41) is 0. The maximum atomic E-state index is 4.80. The van der Waals surface area contributed by atoms with Crippen LogP contribution in [0.1, 0.15) is 0 Å². The summed E-state index contributed by atoms with van der Waals surface area (Å²) in [6.07, 6.45) is 9.45. The summed E-state index contributed by atoms with van der Waals surface area (Å²) in [7, 11) is 4.02. The monoisotopic (exact) mass is 1110 g/mol. The van der Waals surface area contributed by atoms with Crippen LogP contribution in [0.15, 0.2) is 243 Å². The molecular weight excluding hydrogens is 1070 g/mol. The molecule has 0 fully saturated rings. The second-order valence-electron chi connectivity index (χ2n) is 18.0. The zero-order valence-electron chi connectivity index (χ0n) is 40.2. The molecule has 0 radical (unpaired) electrons. The van der Waals surface area contributed by atoms with Crippen LogP contribution in [0.4, 0.5) is 0 Å². The third-order valence-electron chi connectivity index (χ3n) is 13.5. The van der Waals surface area contributed by atoms with Gasteiger partial charge in [-0.3, -0.25) is 9.97 Å². The van der Waals surface area contributed by atoms with Gasteiger partial charge in [0, 0.05) is 45.1 Å². The fourth-order valence-corrected chi connectivity index (χ4v) is 9.76. The molecule has 0 N–H and O–H groups in total. The first-order chi connectivity index (χ1) is 35.5. The van der Waals surface area contributed by atoms with E-state index in [2.05, 4.69) is 234 Å². The Balaban J connectivity index is 0.00000574. The Morgan fingerprint density at radius 2 is 0.658 bits per heavy atom. The summed E-state index contributed by atoms with van der Waals surface area (Å²) in [6, 6.07) is 86.3. The van der Waals surface area contributed by atoms with Crippen LogP contribution in [0, 0.1) is 18.2 Å². The van der Waals surface area contributed by atoms with Gasteiger partial charge in [-0.15, -0.1) is 89.5 Å². The topological polar surface area (TPSA) is 48.5 Å². The van der Waals surface area contributed by atoms with Crippen LogP contribution < -0.4 is 0 Å². The third-order valence-corrected chi connectivity index (χ3v) is 13.5. The van der Waals surface area contributed by atoms with Crippen molar-refractivity contribution in [1.29, 1.82) is 0 Å². The van der Waals surface area contributed by atoms with Crippen molar-refractivity contribution >= 4 is 0 Å². The summed E-state index contributed by atoms with van der Waals surface area (Å²) >= 11 is 0. The maximum absolute atomic E-state index is 4.80. The molecule has 0 amide bonds. The van der Waals surface area contributed by atoms with E-state index in [1.807, 2.05) is 60.3 Å². The number of aryl methyl sites for hydroxylation is 2. The Morgan fingerprint density at radius 3 is 1.04 bits per heavy atom. The molecule has 3 aromatic heterocycles. The van der Waals surface area contributed by atoms with Crippen LogP contribution in [0.3, 0.4) is 0 Å². The van der Waals surface area contributed by atoms with Crippen molar-refractivity contribution in [2.75, 3.05) is 0 Å². The number of nitrogens with zero attached hydrogens (tertiary/aromatic N) is 5. The average Bonchev–Trinajstić information content (AvgIpc) is 4.10. The van der Waals surface area contributed by atoms with Gasteiger partial charge >= 0.3 is 20.1 Å². The Kier molecular flexibility index (Phi) is 13.1. The first kappa shape index (κ1) is 46.6. The first-order valence-electron chi connectivity index (χ1n) is 24.1. The van der Waals surface area contributed by atoms with Crippen LogP contribution >= 0.6 is 0 Å². The molecule has 6 heteroatoms. The van der Waals surface area contributed by atoms with Crippen molar-refractivity contribution in [2.45, 2.75) is 0 Å². The first-order valence-corrected chi connectivity index (χ1v) is 24.1. The molecule has 3 heterocycles. The molecule has 12 rings (SSSR count). The summed E-state index contributed by atoms with van der Waals surface area (Å²) in [5.41, 5.74) is 21.6. The Hall–Kier alpha value is -8.80. The van der Waals surface area contributed by atoms with Crippen LogP contribution in [0.2, 0.25) is 0 Å². The van der Waals surface area contributed by atoms with Gasteiger partial charge in [-0.05, 0) is 85.6 Å². The Labute approximate surface area is 440 Å². The summed E-state index contributed by atoms with van der Waals surface area (Å²) in [6.45, 7) is 0. The van der Waals surface area contributed by atoms with E-state index in [-0.39, 0.29) is 20.1 Å². The van der Waals surface area contributed by atoms with E-state index < -0.39 is 0 Å². The van der Waals surface area contributed by atoms with Gasteiger partial charge in [0.15, 0.2) is 0 Å². The molecule has 0 bridgehead atoms. The van der Waals surface area contributed by atoms with Crippen molar-refractivity contribution in [3.63, 3.8) is 0 Å². The van der Waals surface area contributed by atoms with E-state index in [0.717, 1.165) is 112 Å². The van der Waals surface area contributed by atoms with E-state index in [1.165, 1.54) is 11.1 Å². The molecule has 0 saturated heterocycles. The van der Waals surface area contributed by atoms with Crippen LogP contribution in [0.25, 0.3) is 123 Å². The molecule has 9 aromatic carbocycles. The molecule has 73 heavy (non-hydrogen) atoms. The van der Waals surface area contributed by atoms with Gasteiger partial charge in [-0.25, -0.2) is 0 Å². The number of hydrogen-bond acceptors (Lipinski definition) is 3. The molecule has 5 nitrogen and oxygen atoms in total. The van der Waals surface area contributed by atoms with Gasteiger partial charge < -0.3 is 14.1 Å². The number of rotatable bonds is 11. The molecule has 348 valence electrons. The number of benzene rings is 9. The van der Waals surface area contributed by atoms with Gasteiger partial charge in [0.05, 0.1) is 11.6 Å². The quantitative estimate of drug-likeness (QED) is 0.121. The van der Waals surface area contributed by atoms with E-state index in [1.54, 1.807) is 0 Å². The van der Waals surface area contributed by atoms with Crippen LogP contribution in [-0.2, 0) is 34.2 Å². The third kappa shape index (κ3) is 9.46. The van der Waals surface area contributed by atoms with Gasteiger partial charge in [0.2, 0.25) is 0 Å². The van der Waals surface area contributed by atoms with Crippen molar-refractivity contribution in [3.8, 4) is 123 Å². The molecule has 0 aliphatic carbocycles. The fraction of sp³-hybridized carbons (Fsp3) is 0.0299. The van der Waals surface area contributed by atoms with Crippen molar-refractivity contribution in [2.24, 2.45) is 14.1 Å². The van der Waals surface area contributed by atoms with Crippen molar-refractivity contribution in [1.82, 2.24) is 24.1 Å². The SMILES string of the molecule is Cn1ccnc1-c1[c-]cc(-c2ccccc2-c2cc(-c3ccccc3-c3c[c-]c(-c4cc(-c5ccc(-c6ccccc6)cc5)ccn4)cc3)cc(-c3ccccc3-c3c[c-]c(-c4nccn4C)cc3)c2)cc1.[Ir+3]. The van der Waals surface area contributed by atoms with Gasteiger partial charge in [0.25, 0.3) is 0 Å². The zero-order chi connectivity index (χ0) is 48.4. The van der Waals surface area contributed by atoms with Crippen LogP contribution in [-0.4, -0.2) is 24.1 Å². The number of hydrogen-bond donors (Lipinski definition) is 0. The average molecular weight is 1110 g/mol. The van der Waals surface area contributed by atoms with Crippen molar-refractivity contribution in [3.05, 3.63) is 262 Å². The minimum absolute atomic E-state index is 0. The largest absolute Gasteiger partial charge is 3.00 e. The minimum Gasteiger partial charge on any atom is -0.373 e. The summed E-state index contributed by atoms with van der Waals surface area (Å²) in [4.78, 5) is 13.9. The molecular formula is C67H46IrN5. The maximum Gasteiger partial charge on any atom is 3.00 e. The second-order valence-corrected chi connectivity index (χ2v) is 18.0. The van der Waals surface area contributed by atoms with Gasteiger partial charge in [0.1, 0.15) is 0 Å². The molecule has 0 saturated carbocycles. The zero-order valence-corrected chi connectivity index (χ0v) is 42.6. The second kappa shape index (κ2) is 20.5. The molecule has 12 aromatic rings. The number of imidazole rings is 2. The smallest absolute Gasteiger partial charge is 0.373 e. The van der Waals surface area contributed by atoms with Crippen LogP contribution in [0.5, 0.6) is 0 Å². The number of aromatic nitrogens is 5. The van der Waals surface area contributed by atoms with E-state index in [9.17, 15) is 0 Å². The normalized spacial score (nSPS) is 11.0. The number of pyridine rings is 1. The predicted molar refractivity (Wildman–Crippen MR) is 294 cm³/mol. The molecule has 0 spiro atoms. The Bertz CT molecular complexity index is 3710. The van der Waals surface area contributed by atoms with E-state index in [0.29, 0.717) is 0 Å². The molecule has 0 atom stereocenters. The predicted octanol–water partition coefficient (Wildman–Crippen LogP) is 16.3. The summed E-state index contributed by atoms with van der Waals surface area (Å²) in [5.74, 6) is 1.76. The van der Waals surface area contributed by atoms with Gasteiger partial charge in [-0.1, -0.05) is 167 Å².